The lowest BCUT2D eigenvalue weighted by Gasteiger charge is -2.51. The molecule has 2 atom stereocenters. The van der Waals surface area contributed by atoms with Crippen LogP contribution in [-0.2, 0) is 15.1 Å². The molecule has 2 heterocycles. The fourth-order valence-corrected chi connectivity index (χ4v) is 6.79. The highest BCUT2D eigenvalue weighted by molar-refractivity contribution is 5.79. The van der Waals surface area contributed by atoms with E-state index < -0.39 is 5.60 Å². The second-order valence-electron chi connectivity index (χ2n) is 10.4. The van der Waals surface area contributed by atoms with Gasteiger partial charge in [-0.2, -0.15) is 0 Å². The standard InChI is InChI=1S/C30H30FNO4/c1-18-11-20(31)12-19(2)28(18)30(34)13-21-15-35-16-22(14-30)32(21)29(33)36-17-27-25-9-5-3-7-23(25)24-8-4-6-10-26(24)27/h3-12,21-22,27,34H,13-17H2,1-2H3. The lowest BCUT2D eigenvalue weighted by Crippen LogP contribution is -2.62. The van der Waals surface area contributed by atoms with E-state index in [1.54, 1.807) is 4.90 Å². The molecule has 0 aromatic heterocycles. The molecule has 2 aliphatic heterocycles. The molecule has 3 aliphatic rings. The highest BCUT2D eigenvalue weighted by Gasteiger charge is 2.50. The minimum Gasteiger partial charge on any atom is -0.448 e. The van der Waals surface area contributed by atoms with Crippen LogP contribution >= 0.6 is 0 Å². The van der Waals surface area contributed by atoms with Gasteiger partial charge in [-0.3, -0.25) is 4.90 Å². The van der Waals surface area contributed by atoms with Crippen molar-refractivity contribution in [3.8, 4) is 11.1 Å². The first-order chi connectivity index (χ1) is 17.4. The van der Waals surface area contributed by atoms with E-state index in [0.29, 0.717) is 26.1 Å². The van der Waals surface area contributed by atoms with E-state index in [4.69, 9.17) is 9.47 Å². The topological polar surface area (TPSA) is 59.0 Å². The van der Waals surface area contributed by atoms with Gasteiger partial charge in [0.2, 0.25) is 0 Å². The number of nitrogens with zero attached hydrogens (tertiary/aromatic N) is 1. The molecular formula is C30H30FNO4. The number of amides is 1. The average Bonchev–Trinajstić information content (AvgIpc) is 3.15. The first-order valence-electron chi connectivity index (χ1n) is 12.6. The number of carbonyl (C=O) groups is 1. The van der Waals surface area contributed by atoms with Crippen LogP contribution in [0.2, 0.25) is 0 Å². The number of morpholine rings is 1. The van der Waals surface area contributed by atoms with Gasteiger partial charge >= 0.3 is 6.09 Å². The van der Waals surface area contributed by atoms with Gasteiger partial charge < -0.3 is 14.6 Å². The maximum Gasteiger partial charge on any atom is 0.410 e. The Balaban J connectivity index is 1.22. The van der Waals surface area contributed by atoms with E-state index in [2.05, 4.69) is 24.3 Å². The van der Waals surface area contributed by atoms with Crippen molar-refractivity contribution >= 4 is 6.09 Å². The first-order valence-corrected chi connectivity index (χ1v) is 12.6. The van der Waals surface area contributed by atoms with Crippen molar-refractivity contribution in [2.45, 2.75) is 50.3 Å². The monoisotopic (exact) mass is 487 g/mol. The van der Waals surface area contributed by atoms with Gasteiger partial charge in [0.15, 0.2) is 0 Å². The van der Waals surface area contributed by atoms with Gasteiger partial charge in [-0.25, -0.2) is 9.18 Å². The number of hydrogen-bond donors (Lipinski definition) is 1. The Morgan fingerprint density at radius 3 is 2.08 bits per heavy atom. The quantitative estimate of drug-likeness (QED) is 0.534. The van der Waals surface area contributed by atoms with Crippen molar-refractivity contribution < 1.29 is 23.8 Å². The zero-order valence-corrected chi connectivity index (χ0v) is 20.5. The van der Waals surface area contributed by atoms with E-state index in [1.807, 2.05) is 38.1 Å². The summed E-state index contributed by atoms with van der Waals surface area (Å²) in [7, 11) is 0. The van der Waals surface area contributed by atoms with Crippen LogP contribution in [0.15, 0.2) is 60.7 Å². The molecule has 0 spiro atoms. The summed E-state index contributed by atoms with van der Waals surface area (Å²) >= 11 is 0. The van der Waals surface area contributed by atoms with Crippen molar-refractivity contribution in [2.75, 3.05) is 19.8 Å². The minimum atomic E-state index is -1.15. The molecule has 5 nitrogen and oxygen atoms in total. The molecule has 0 saturated carbocycles. The summed E-state index contributed by atoms with van der Waals surface area (Å²) in [5.74, 6) is -0.319. The van der Waals surface area contributed by atoms with Gasteiger partial charge in [0.1, 0.15) is 12.4 Å². The summed E-state index contributed by atoms with van der Waals surface area (Å²) in [5.41, 5.74) is 5.77. The molecule has 36 heavy (non-hydrogen) atoms. The maximum atomic E-state index is 13.9. The Morgan fingerprint density at radius 1 is 1.00 bits per heavy atom. The number of benzene rings is 3. The van der Waals surface area contributed by atoms with E-state index in [1.165, 1.54) is 34.4 Å². The number of fused-ring (bicyclic) bond motifs is 5. The van der Waals surface area contributed by atoms with Crippen molar-refractivity contribution in [3.63, 3.8) is 0 Å². The number of aliphatic hydroxyl groups is 1. The molecule has 6 heteroatoms. The fourth-order valence-electron chi connectivity index (χ4n) is 6.79. The van der Waals surface area contributed by atoms with Crippen LogP contribution in [0.3, 0.4) is 0 Å². The van der Waals surface area contributed by atoms with Crippen LogP contribution in [-0.4, -0.2) is 48.0 Å². The average molecular weight is 488 g/mol. The highest BCUT2D eigenvalue weighted by Crippen LogP contribution is 2.46. The van der Waals surface area contributed by atoms with Gasteiger partial charge in [0, 0.05) is 18.8 Å². The first kappa shape index (κ1) is 23.2. The molecule has 0 radical (unpaired) electrons. The van der Waals surface area contributed by atoms with Gasteiger partial charge in [-0.15, -0.1) is 0 Å². The van der Waals surface area contributed by atoms with Gasteiger partial charge in [-0.05, 0) is 64.9 Å². The minimum absolute atomic E-state index is 0.0105. The molecule has 6 rings (SSSR count). The van der Waals surface area contributed by atoms with Crippen LogP contribution in [0.4, 0.5) is 9.18 Å². The maximum absolute atomic E-state index is 13.9. The molecule has 2 unspecified atom stereocenters. The number of piperidine rings is 1. The Labute approximate surface area is 210 Å². The number of ether oxygens (including phenoxy) is 2. The summed E-state index contributed by atoms with van der Waals surface area (Å²) in [6.45, 7) is 4.58. The van der Waals surface area contributed by atoms with E-state index >= 15 is 0 Å². The molecule has 2 saturated heterocycles. The van der Waals surface area contributed by atoms with Crippen LogP contribution in [0.1, 0.15) is 46.6 Å². The molecular weight excluding hydrogens is 457 g/mol. The third-order valence-electron chi connectivity index (χ3n) is 8.06. The van der Waals surface area contributed by atoms with E-state index in [9.17, 15) is 14.3 Å². The third-order valence-corrected chi connectivity index (χ3v) is 8.06. The van der Waals surface area contributed by atoms with Crippen LogP contribution in [0.5, 0.6) is 0 Å². The zero-order valence-electron chi connectivity index (χ0n) is 20.5. The third kappa shape index (κ3) is 3.71. The molecule has 186 valence electrons. The Bertz CT molecular complexity index is 1260. The molecule has 3 aromatic rings. The van der Waals surface area contributed by atoms with Crippen molar-refractivity contribution in [1.82, 2.24) is 4.90 Å². The summed E-state index contributed by atoms with van der Waals surface area (Å²) < 4.78 is 25.7. The smallest absolute Gasteiger partial charge is 0.410 e. The van der Waals surface area contributed by atoms with Crippen molar-refractivity contribution in [2.24, 2.45) is 0 Å². The second kappa shape index (κ2) is 8.71. The Kier molecular flexibility index (Phi) is 5.61. The number of hydrogen-bond acceptors (Lipinski definition) is 4. The predicted molar refractivity (Wildman–Crippen MR) is 134 cm³/mol. The second-order valence-corrected chi connectivity index (χ2v) is 10.4. The molecule has 3 aromatic carbocycles. The van der Waals surface area contributed by atoms with Gasteiger partial charge in [-0.1, -0.05) is 48.5 Å². The van der Waals surface area contributed by atoms with Crippen molar-refractivity contribution in [3.05, 3.63) is 94.3 Å². The fraction of sp³-hybridized carbons (Fsp3) is 0.367. The normalized spacial score (nSPS) is 24.8. The number of aryl methyl sites for hydroxylation is 2. The predicted octanol–water partition coefficient (Wildman–Crippen LogP) is 5.44. The van der Waals surface area contributed by atoms with E-state index in [-0.39, 0.29) is 36.5 Å². The lowest BCUT2D eigenvalue weighted by molar-refractivity contribution is -0.136. The summed E-state index contributed by atoms with van der Waals surface area (Å²) in [5, 5.41) is 11.8. The van der Waals surface area contributed by atoms with Gasteiger partial charge in [0.05, 0.1) is 30.9 Å². The van der Waals surface area contributed by atoms with E-state index in [0.717, 1.165) is 16.7 Å². The summed E-state index contributed by atoms with van der Waals surface area (Å²) in [6.07, 6.45) is 0.270. The number of carbonyl (C=O) groups excluding carboxylic acids is 1. The largest absolute Gasteiger partial charge is 0.448 e. The lowest BCUT2D eigenvalue weighted by atomic mass is 9.74. The highest BCUT2D eigenvalue weighted by atomic mass is 19.1. The number of rotatable bonds is 3. The van der Waals surface area contributed by atoms with Crippen molar-refractivity contribution in [1.29, 1.82) is 0 Å². The summed E-state index contributed by atoms with van der Waals surface area (Å²) in [4.78, 5) is 15.2. The van der Waals surface area contributed by atoms with Gasteiger partial charge in [0.25, 0.3) is 0 Å². The van der Waals surface area contributed by atoms with Crippen LogP contribution < -0.4 is 0 Å². The molecule has 1 amide bonds. The zero-order chi connectivity index (χ0) is 25.0. The number of halogens is 1. The van der Waals surface area contributed by atoms with Crippen LogP contribution in [0.25, 0.3) is 11.1 Å². The SMILES string of the molecule is Cc1cc(F)cc(C)c1C1(O)CC2COCC(C1)N2C(=O)OCC1c2ccccc2-c2ccccc21. The Morgan fingerprint density at radius 2 is 1.53 bits per heavy atom. The molecule has 1 N–H and O–H groups in total. The molecule has 2 fully saturated rings. The summed E-state index contributed by atoms with van der Waals surface area (Å²) in [6, 6.07) is 18.8. The van der Waals surface area contributed by atoms with Crippen LogP contribution in [0, 0.1) is 19.7 Å². The Hall–Kier alpha value is -3.22. The molecule has 1 aliphatic carbocycles. The molecule has 2 bridgehead atoms.